The minimum absolute atomic E-state index is 0.135. The number of hydrogen-bond donors (Lipinski definition) is 1. The van der Waals surface area contributed by atoms with E-state index >= 15 is 0 Å². The molecule has 1 aliphatic carbocycles. The van der Waals surface area contributed by atoms with E-state index in [2.05, 4.69) is 12.2 Å². The highest BCUT2D eigenvalue weighted by atomic mass is 19.1. The lowest BCUT2D eigenvalue weighted by Crippen LogP contribution is -2.34. The maximum Gasteiger partial charge on any atom is 0.123 e. The molecule has 94 valence electrons. The number of nitrogens with one attached hydrogen (secondary N) is 1. The molecule has 2 unspecified atom stereocenters. The fourth-order valence-electron chi connectivity index (χ4n) is 3.32. The average Bonchev–Trinajstić information content (AvgIpc) is 2.81. The van der Waals surface area contributed by atoms with Crippen LogP contribution in [0, 0.1) is 11.7 Å². The van der Waals surface area contributed by atoms with Crippen molar-refractivity contribution in [2.24, 2.45) is 5.92 Å². The third kappa shape index (κ3) is 2.68. The molecule has 1 saturated carbocycles. The van der Waals surface area contributed by atoms with E-state index in [0.717, 1.165) is 0 Å². The Balaban J connectivity index is 2.16. The molecule has 17 heavy (non-hydrogen) atoms. The molecular formula is C15H22FN. The van der Waals surface area contributed by atoms with Crippen molar-refractivity contribution in [1.82, 2.24) is 5.32 Å². The third-order valence-corrected chi connectivity index (χ3v) is 4.20. The van der Waals surface area contributed by atoms with Gasteiger partial charge in [0.15, 0.2) is 0 Å². The van der Waals surface area contributed by atoms with E-state index in [4.69, 9.17) is 0 Å². The van der Waals surface area contributed by atoms with E-state index < -0.39 is 0 Å². The molecule has 2 heteroatoms. The van der Waals surface area contributed by atoms with Gasteiger partial charge in [0.1, 0.15) is 5.82 Å². The van der Waals surface area contributed by atoms with Gasteiger partial charge in [-0.2, -0.15) is 0 Å². The topological polar surface area (TPSA) is 12.0 Å². The minimum atomic E-state index is -0.135. The second-order valence-corrected chi connectivity index (χ2v) is 5.06. The molecule has 1 fully saturated rings. The third-order valence-electron chi connectivity index (χ3n) is 4.20. The molecule has 0 spiro atoms. The normalized spacial score (nSPS) is 26.1. The Morgan fingerprint density at radius 2 is 2.00 bits per heavy atom. The first-order valence-corrected chi connectivity index (χ1v) is 6.69. The summed E-state index contributed by atoms with van der Waals surface area (Å²) in [4.78, 5) is 0. The fraction of sp³-hybridized carbons (Fsp3) is 0.600. The van der Waals surface area contributed by atoms with E-state index in [0.29, 0.717) is 17.9 Å². The summed E-state index contributed by atoms with van der Waals surface area (Å²) in [5.74, 6) is 1.17. The van der Waals surface area contributed by atoms with Gasteiger partial charge in [0.2, 0.25) is 0 Å². The van der Waals surface area contributed by atoms with Gasteiger partial charge in [0, 0.05) is 6.04 Å². The average molecular weight is 235 g/mol. The first kappa shape index (κ1) is 12.6. The molecule has 1 aromatic carbocycles. The Hall–Kier alpha value is -0.890. The summed E-state index contributed by atoms with van der Waals surface area (Å²) in [5.41, 5.74) is 1.31. The van der Waals surface area contributed by atoms with Crippen molar-refractivity contribution in [3.63, 3.8) is 0 Å². The maximum absolute atomic E-state index is 12.9. The lowest BCUT2D eigenvalue weighted by Gasteiger charge is -2.28. The molecule has 0 aromatic heterocycles. The Bertz CT molecular complexity index is 342. The van der Waals surface area contributed by atoms with Gasteiger partial charge in [-0.1, -0.05) is 25.5 Å². The zero-order chi connectivity index (χ0) is 12.3. The van der Waals surface area contributed by atoms with Crippen molar-refractivity contribution < 1.29 is 4.39 Å². The lowest BCUT2D eigenvalue weighted by molar-refractivity contribution is 0.339. The molecule has 0 heterocycles. The number of benzene rings is 1. The number of halogens is 1. The number of hydrogen-bond acceptors (Lipinski definition) is 1. The predicted molar refractivity (Wildman–Crippen MR) is 69.6 cm³/mol. The maximum atomic E-state index is 12.9. The summed E-state index contributed by atoms with van der Waals surface area (Å²) in [7, 11) is 2.05. The van der Waals surface area contributed by atoms with Crippen LogP contribution in [-0.2, 0) is 0 Å². The SMILES string of the molecule is CC[C@@H](NC)C1CCCC1c1ccc(F)cc1. The van der Waals surface area contributed by atoms with Crippen LogP contribution in [0.5, 0.6) is 0 Å². The van der Waals surface area contributed by atoms with Crippen molar-refractivity contribution in [2.45, 2.75) is 44.6 Å². The molecule has 0 radical (unpaired) electrons. The molecule has 0 bridgehead atoms. The number of rotatable bonds is 4. The summed E-state index contributed by atoms with van der Waals surface area (Å²) in [6.07, 6.45) is 5.00. The summed E-state index contributed by atoms with van der Waals surface area (Å²) in [6, 6.07) is 7.69. The first-order valence-electron chi connectivity index (χ1n) is 6.69. The van der Waals surface area contributed by atoms with Crippen LogP contribution in [0.1, 0.15) is 44.1 Å². The molecular weight excluding hydrogens is 213 g/mol. The van der Waals surface area contributed by atoms with Gasteiger partial charge in [-0.15, -0.1) is 0 Å². The van der Waals surface area contributed by atoms with Crippen molar-refractivity contribution in [2.75, 3.05) is 7.05 Å². The summed E-state index contributed by atoms with van der Waals surface area (Å²) >= 11 is 0. The lowest BCUT2D eigenvalue weighted by atomic mass is 9.83. The molecule has 0 amide bonds. The first-order chi connectivity index (χ1) is 8.26. The predicted octanol–water partition coefficient (Wildman–Crippen LogP) is 3.71. The molecule has 3 atom stereocenters. The fourth-order valence-corrected chi connectivity index (χ4v) is 3.32. The van der Waals surface area contributed by atoms with Crippen LogP contribution in [0.3, 0.4) is 0 Å². The van der Waals surface area contributed by atoms with E-state index in [1.54, 1.807) is 12.1 Å². The molecule has 0 aliphatic heterocycles. The Morgan fingerprint density at radius 1 is 1.29 bits per heavy atom. The summed E-state index contributed by atoms with van der Waals surface area (Å²) in [6.45, 7) is 2.24. The molecule has 1 nitrogen and oxygen atoms in total. The van der Waals surface area contributed by atoms with Crippen molar-refractivity contribution in [3.8, 4) is 0 Å². The highest BCUT2D eigenvalue weighted by Crippen LogP contribution is 2.42. The van der Waals surface area contributed by atoms with Crippen molar-refractivity contribution in [3.05, 3.63) is 35.6 Å². The van der Waals surface area contributed by atoms with Crippen molar-refractivity contribution in [1.29, 1.82) is 0 Å². The van der Waals surface area contributed by atoms with Gasteiger partial charge in [-0.05, 0) is 55.8 Å². The molecule has 0 saturated heterocycles. The van der Waals surface area contributed by atoms with Crippen LogP contribution in [0.15, 0.2) is 24.3 Å². The summed E-state index contributed by atoms with van der Waals surface area (Å²) < 4.78 is 12.9. The second kappa shape index (κ2) is 5.63. The van der Waals surface area contributed by atoms with E-state index in [1.807, 2.05) is 19.2 Å². The van der Waals surface area contributed by atoms with Crippen LogP contribution in [0.25, 0.3) is 0 Å². The van der Waals surface area contributed by atoms with Crippen LogP contribution >= 0.6 is 0 Å². The van der Waals surface area contributed by atoms with Crippen LogP contribution < -0.4 is 5.32 Å². The van der Waals surface area contributed by atoms with Gasteiger partial charge in [0.05, 0.1) is 0 Å². The molecule has 2 rings (SSSR count). The minimum Gasteiger partial charge on any atom is -0.317 e. The molecule has 1 N–H and O–H groups in total. The monoisotopic (exact) mass is 235 g/mol. The van der Waals surface area contributed by atoms with Gasteiger partial charge < -0.3 is 5.32 Å². The molecule has 1 aliphatic rings. The Kier molecular flexibility index (Phi) is 4.16. The van der Waals surface area contributed by atoms with Gasteiger partial charge >= 0.3 is 0 Å². The Labute approximate surface area is 103 Å². The van der Waals surface area contributed by atoms with E-state index in [-0.39, 0.29) is 5.82 Å². The second-order valence-electron chi connectivity index (χ2n) is 5.06. The Morgan fingerprint density at radius 3 is 2.59 bits per heavy atom. The standard InChI is InChI=1S/C15H22FN/c1-3-15(17-2)14-6-4-5-13(14)11-7-9-12(16)10-8-11/h7-10,13-15,17H,3-6H2,1-2H3/t13?,14?,15-/m1/s1. The molecule has 1 aromatic rings. The highest BCUT2D eigenvalue weighted by Gasteiger charge is 2.32. The summed E-state index contributed by atoms with van der Waals surface area (Å²) in [5, 5.41) is 3.43. The largest absolute Gasteiger partial charge is 0.317 e. The van der Waals surface area contributed by atoms with Gasteiger partial charge in [-0.3, -0.25) is 0 Å². The van der Waals surface area contributed by atoms with Crippen LogP contribution in [-0.4, -0.2) is 13.1 Å². The highest BCUT2D eigenvalue weighted by molar-refractivity contribution is 5.23. The van der Waals surface area contributed by atoms with Gasteiger partial charge in [0.25, 0.3) is 0 Å². The van der Waals surface area contributed by atoms with Crippen LogP contribution in [0.4, 0.5) is 4.39 Å². The quantitative estimate of drug-likeness (QED) is 0.839. The smallest absolute Gasteiger partial charge is 0.123 e. The van der Waals surface area contributed by atoms with E-state index in [9.17, 15) is 4.39 Å². The zero-order valence-corrected chi connectivity index (χ0v) is 10.7. The van der Waals surface area contributed by atoms with Crippen molar-refractivity contribution >= 4 is 0 Å². The van der Waals surface area contributed by atoms with E-state index in [1.165, 1.54) is 31.2 Å². The zero-order valence-electron chi connectivity index (χ0n) is 10.7. The van der Waals surface area contributed by atoms with Crippen LogP contribution in [0.2, 0.25) is 0 Å². The van der Waals surface area contributed by atoms with Gasteiger partial charge in [-0.25, -0.2) is 4.39 Å².